The molecule has 0 spiro atoms. The van der Waals surface area contributed by atoms with Crippen molar-refractivity contribution < 1.29 is 9.90 Å². The molecule has 0 heterocycles. The number of carbonyl (C=O) groups is 1. The summed E-state index contributed by atoms with van der Waals surface area (Å²) in [6.45, 7) is 4.08. The summed E-state index contributed by atoms with van der Waals surface area (Å²) in [4.78, 5) is 11.5. The molecule has 0 fully saturated rings. The highest BCUT2D eigenvalue weighted by atomic mass is 79.9. The minimum absolute atomic E-state index is 0.470. The third kappa shape index (κ3) is 4.30. The lowest BCUT2D eigenvalue weighted by Crippen LogP contribution is -2.13. The SMILES string of the molecule is CCCCCC(C(=O)O)c1c(Br)cc(Br)c(C)c1Br. The minimum Gasteiger partial charge on any atom is -0.481 e. The van der Waals surface area contributed by atoms with Crippen molar-refractivity contribution in [1.82, 2.24) is 0 Å². The van der Waals surface area contributed by atoms with Crippen molar-refractivity contribution in [3.8, 4) is 0 Å². The number of halogens is 3. The van der Waals surface area contributed by atoms with Crippen LogP contribution in [-0.2, 0) is 4.79 Å². The molecule has 1 atom stereocenters. The molecular weight excluding hydrogens is 440 g/mol. The van der Waals surface area contributed by atoms with Crippen LogP contribution in [0, 0.1) is 6.92 Å². The zero-order chi connectivity index (χ0) is 14.6. The van der Waals surface area contributed by atoms with Crippen LogP contribution in [0.15, 0.2) is 19.5 Å². The zero-order valence-corrected chi connectivity index (χ0v) is 15.7. The molecule has 5 heteroatoms. The van der Waals surface area contributed by atoms with Crippen LogP contribution in [0.4, 0.5) is 0 Å². The van der Waals surface area contributed by atoms with E-state index in [0.29, 0.717) is 6.42 Å². The first-order chi connectivity index (χ1) is 8.90. The van der Waals surface area contributed by atoms with Gasteiger partial charge < -0.3 is 5.11 Å². The molecule has 1 aromatic carbocycles. The zero-order valence-electron chi connectivity index (χ0n) is 11.0. The molecule has 2 nitrogen and oxygen atoms in total. The van der Waals surface area contributed by atoms with Crippen LogP contribution in [0.25, 0.3) is 0 Å². The fourth-order valence-corrected chi connectivity index (χ4v) is 4.69. The van der Waals surface area contributed by atoms with Gasteiger partial charge in [0.2, 0.25) is 0 Å². The highest BCUT2D eigenvalue weighted by Crippen LogP contribution is 2.40. The standard InChI is InChI=1S/C14H17Br3O2/c1-3-4-5-6-9(14(18)19)12-11(16)7-10(15)8(2)13(12)17/h7,9H,3-6H2,1-2H3,(H,18,19). The van der Waals surface area contributed by atoms with E-state index in [9.17, 15) is 9.90 Å². The second-order valence-corrected chi connectivity index (χ2v) is 7.08. The smallest absolute Gasteiger partial charge is 0.311 e. The summed E-state index contributed by atoms with van der Waals surface area (Å²) in [6, 6.07) is 1.92. The molecule has 1 N–H and O–H groups in total. The van der Waals surface area contributed by atoms with Gasteiger partial charge in [-0.15, -0.1) is 0 Å². The Bertz CT molecular complexity index is 472. The predicted molar refractivity (Wildman–Crippen MR) is 88.8 cm³/mol. The highest BCUT2D eigenvalue weighted by Gasteiger charge is 2.25. The molecule has 0 amide bonds. The largest absolute Gasteiger partial charge is 0.481 e. The van der Waals surface area contributed by atoms with Crippen molar-refractivity contribution in [2.45, 2.75) is 45.4 Å². The Morgan fingerprint density at radius 3 is 2.42 bits per heavy atom. The van der Waals surface area contributed by atoms with Crippen LogP contribution in [0.5, 0.6) is 0 Å². The number of unbranched alkanes of at least 4 members (excludes halogenated alkanes) is 2. The van der Waals surface area contributed by atoms with Crippen LogP contribution < -0.4 is 0 Å². The van der Waals surface area contributed by atoms with Gasteiger partial charge in [0, 0.05) is 13.4 Å². The normalized spacial score (nSPS) is 12.5. The molecule has 0 saturated carbocycles. The Labute approximate surface area is 139 Å². The highest BCUT2D eigenvalue weighted by molar-refractivity contribution is 9.11. The van der Waals surface area contributed by atoms with E-state index in [4.69, 9.17) is 0 Å². The van der Waals surface area contributed by atoms with Crippen molar-refractivity contribution in [1.29, 1.82) is 0 Å². The van der Waals surface area contributed by atoms with Crippen LogP contribution in [0.2, 0.25) is 0 Å². The lowest BCUT2D eigenvalue weighted by Gasteiger charge is -2.18. The van der Waals surface area contributed by atoms with E-state index in [1.807, 2.05) is 13.0 Å². The molecule has 0 saturated heterocycles. The van der Waals surface area contributed by atoms with Gasteiger partial charge in [0.05, 0.1) is 5.92 Å². The number of benzene rings is 1. The summed E-state index contributed by atoms with van der Waals surface area (Å²) >= 11 is 10.5. The predicted octanol–water partition coefficient (Wildman–Crippen LogP) is 6.03. The molecule has 19 heavy (non-hydrogen) atoms. The number of hydrogen-bond donors (Lipinski definition) is 1. The third-order valence-corrected chi connectivity index (χ3v) is 5.68. The molecule has 0 aliphatic carbocycles. The monoisotopic (exact) mass is 454 g/mol. The number of hydrogen-bond acceptors (Lipinski definition) is 1. The third-order valence-electron chi connectivity index (χ3n) is 3.18. The molecule has 0 aromatic heterocycles. The molecule has 1 rings (SSSR count). The molecule has 0 radical (unpaired) electrons. The van der Waals surface area contributed by atoms with Crippen molar-refractivity contribution in [3.63, 3.8) is 0 Å². The Morgan fingerprint density at radius 2 is 1.89 bits per heavy atom. The van der Waals surface area contributed by atoms with Gasteiger partial charge in [0.1, 0.15) is 0 Å². The number of aliphatic carboxylic acids is 1. The van der Waals surface area contributed by atoms with Gasteiger partial charge in [-0.3, -0.25) is 4.79 Å². The Morgan fingerprint density at radius 1 is 1.26 bits per heavy atom. The summed E-state index contributed by atoms with van der Waals surface area (Å²) in [5, 5.41) is 9.48. The molecule has 1 aromatic rings. The van der Waals surface area contributed by atoms with Gasteiger partial charge in [0.25, 0.3) is 0 Å². The van der Waals surface area contributed by atoms with Gasteiger partial charge >= 0.3 is 5.97 Å². The second kappa shape index (κ2) is 7.79. The van der Waals surface area contributed by atoms with Crippen molar-refractivity contribution >= 4 is 53.8 Å². The van der Waals surface area contributed by atoms with Gasteiger partial charge in [-0.05, 0) is 30.5 Å². The number of rotatable bonds is 6. The van der Waals surface area contributed by atoms with Crippen molar-refractivity contribution in [2.24, 2.45) is 0 Å². The molecule has 106 valence electrons. The van der Waals surface area contributed by atoms with E-state index < -0.39 is 11.9 Å². The maximum Gasteiger partial charge on any atom is 0.311 e. The van der Waals surface area contributed by atoms with Crippen LogP contribution in [-0.4, -0.2) is 11.1 Å². The Kier molecular flexibility index (Phi) is 7.05. The molecule has 0 bridgehead atoms. The summed E-state index contributed by atoms with van der Waals surface area (Å²) in [5.41, 5.74) is 1.87. The first-order valence-electron chi connectivity index (χ1n) is 6.26. The van der Waals surface area contributed by atoms with E-state index in [-0.39, 0.29) is 0 Å². The van der Waals surface area contributed by atoms with E-state index in [2.05, 4.69) is 54.7 Å². The average Bonchev–Trinajstić information content (AvgIpc) is 2.34. The maximum atomic E-state index is 11.5. The lowest BCUT2D eigenvalue weighted by molar-refractivity contribution is -0.139. The molecular formula is C14H17Br3O2. The summed E-state index contributed by atoms with van der Waals surface area (Å²) < 4.78 is 2.67. The van der Waals surface area contributed by atoms with E-state index in [1.54, 1.807) is 0 Å². The fraction of sp³-hybridized carbons (Fsp3) is 0.500. The van der Waals surface area contributed by atoms with Crippen LogP contribution in [0.3, 0.4) is 0 Å². The summed E-state index contributed by atoms with van der Waals surface area (Å²) in [7, 11) is 0. The Balaban J connectivity index is 3.16. The maximum absolute atomic E-state index is 11.5. The number of carboxylic acid groups (broad SMARTS) is 1. The Hall–Kier alpha value is 0.130. The van der Waals surface area contributed by atoms with E-state index in [1.165, 1.54) is 0 Å². The number of carboxylic acids is 1. The topological polar surface area (TPSA) is 37.3 Å². The fourth-order valence-electron chi connectivity index (χ4n) is 2.02. The van der Waals surface area contributed by atoms with Crippen LogP contribution in [0.1, 0.15) is 49.7 Å². The van der Waals surface area contributed by atoms with Crippen molar-refractivity contribution in [3.05, 3.63) is 30.6 Å². The van der Waals surface area contributed by atoms with Gasteiger partial charge in [0.15, 0.2) is 0 Å². The molecule has 1 unspecified atom stereocenters. The van der Waals surface area contributed by atoms with Gasteiger partial charge in [-0.1, -0.05) is 74.0 Å². The van der Waals surface area contributed by atoms with Gasteiger partial charge in [-0.2, -0.15) is 0 Å². The summed E-state index contributed by atoms with van der Waals surface area (Å²) in [6.07, 6.45) is 3.76. The van der Waals surface area contributed by atoms with E-state index >= 15 is 0 Å². The van der Waals surface area contributed by atoms with Gasteiger partial charge in [-0.25, -0.2) is 0 Å². The van der Waals surface area contributed by atoms with Crippen LogP contribution >= 0.6 is 47.8 Å². The average molecular weight is 457 g/mol. The molecule has 0 aliphatic rings. The lowest BCUT2D eigenvalue weighted by atomic mass is 9.92. The first-order valence-corrected chi connectivity index (χ1v) is 8.64. The quantitative estimate of drug-likeness (QED) is 0.530. The second-order valence-electron chi connectivity index (χ2n) is 4.58. The summed E-state index contributed by atoms with van der Waals surface area (Å²) in [5.74, 6) is -1.23. The first kappa shape index (κ1) is 17.2. The van der Waals surface area contributed by atoms with Crippen molar-refractivity contribution in [2.75, 3.05) is 0 Å². The minimum atomic E-state index is -0.765. The van der Waals surface area contributed by atoms with E-state index in [0.717, 1.165) is 43.8 Å². The molecule has 0 aliphatic heterocycles.